The van der Waals surface area contributed by atoms with E-state index in [1.165, 1.54) is 11.8 Å². The Morgan fingerprint density at radius 3 is 1.66 bits per heavy atom. The van der Waals surface area contributed by atoms with Gasteiger partial charge in [0.1, 0.15) is 13.2 Å². The number of hydrogen-bond donors (Lipinski definition) is 0. The van der Waals surface area contributed by atoms with Gasteiger partial charge in [-0.25, -0.2) is 0 Å². The van der Waals surface area contributed by atoms with Crippen LogP contribution in [0.2, 0.25) is 0 Å². The smallest absolute Gasteiger partial charge is 0.306 e. The summed E-state index contributed by atoms with van der Waals surface area (Å²) in [5, 5.41) is 0. The number of ether oxygens (including phenoxy) is 6. The van der Waals surface area contributed by atoms with E-state index in [2.05, 4.69) is 0 Å². The van der Waals surface area contributed by atoms with Gasteiger partial charge in [-0.1, -0.05) is 0 Å². The summed E-state index contributed by atoms with van der Waals surface area (Å²) >= 11 is 1.53. The molecule has 29 heavy (non-hydrogen) atoms. The molecule has 0 bridgehead atoms. The summed E-state index contributed by atoms with van der Waals surface area (Å²) in [4.78, 5) is 23.3. The molecule has 8 nitrogen and oxygen atoms in total. The van der Waals surface area contributed by atoms with Crippen LogP contribution in [0.15, 0.2) is 0 Å². The van der Waals surface area contributed by atoms with Gasteiger partial charge >= 0.3 is 11.9 Å². The normalized spacial score (nSPS) is 21.4. The Balaban J connectivity index is 1.30. The number of hydrogen-bond acceptors (Lipinski definition) is 9. The Labute approximate surface area is 177 Å². The van der Waals surface area contributed by atoms with E-state index in [-0.39, 0.29) is 37.4 Å². The molecule has 2 rings (SSSR count). The Hall–Kier alpha value is -0.870. The minimum atomic E-state index is -0.246. The predicted octanol–water partition coefficient (Wildman–Crippen LogP) is 1.98. The molecule has 0 aromatic carbocycles. The van der Waals surface area contributed by atoms with Gasteiger partial charge in [0.15, 0.2) is 0 Å². The maximum Gasteiger partial charge on any atom is 0.306 e. The van der Waals surface area contributed by atoms with Crippen molar-refractivity contribution in [1.29, 1.82) is 0 Å². The van der Waals surface area contributed by atoms with Crippen molar-refractivity contribution in [3.05, 3.63) is 0 Å². The zero-order chi connectivity index (χ0) is 20.6. The first-order valence-corrected chi connectivity index (χ1v) is 11.7. The lowest BCUT2D eigenvalue weighted by Gasteiger charge is -2.10. The Morgan fingerprint density at radius 1 is 0.759 bits per heavy atom. The SMILES string of the molecule is O=C(CCSCCC(=O)OCCOCC1CCCO1)OCCOCC1CCCO1. The minimum absolute atomic E-state index is 0.188. The first-order valence-electron chi connectivity index (χ1n) is 10.5. The van der Waals surface area contributed by atoms with E-state index in [1.807, 2.05) is 0 Å². The van der Waals surface area contributed by atoms with Crippen molar-refractivity contribution < 1.29 is 38.0 Å². The van der Waals surface area contributed by atoms with Gasteiger partial charge in [-0.2, -0.15) is 11.8 Å². The maximum absolute atomic E-state index is 11.6. The fourth-order valence-electron chi connectivity index (χ4n) is 2.97. The molecule has 2 fully saturated rings. The van der Waals surface area contributed by atoms with Crippen molar-refractivity contribution in [3.63, 3.8) is 0 Å². The van der Waals surface area contributed by atoms with Crippen LogP contribution >= 0.6 is 11.8 Å². The molecule has 2 aliphatic rings. The van der Waals surface area contributed by atoms with Crippen molar-refractivity contribution in [3.8, 4) is 0 Å². The van der Waals surface area contributed by atoms with Crippen LogP contribution in [0.3, 0.4) is 0 Å². The van der Waals surface area contributed by atoms with Crippen molar-refractivity contribution in [1.82, 2.24) is 0 Å². The average molecular weight is 435 g/mol. The van der Waals surface area contributed by atoms with Gasteiger partial charge in [0.05, 0.1) is 51.5 Å². The fraction of sp³-hybridized carbons (Fsp3) is 0.900. The lowest BCUT2D eigenvalue weighted by atomic mass is 10.2. The average Bonchev–Trinajstić information content (AvgIpc) is 3.41. The van der Waals surface area contributed by atoms with E-state index in [0.717, 1.165) is 38.9 Å². The first-order chi connectivity index (χ1) is 14.2. The van der Waals surface area contributed by atoms with Crippen LogP contribution in [0.5, 0.6) is 0 Å². The molecular weight excluding hydrogens is 400 g/mol. The minimum Gasteiger partial charge on any atom is -0.463 e. The van der Waals surface area contributed by atoms with Crippen LogP contribution in [-0.2, 0) is 38.0 Å². The molecule has 2 saturated heterocycles. The summed E-state index contributed by atoms with van der Waals surface area (Å²) in [6, 6.07) is 0. The number of carbonyl (C=O) groups is 2. The zero-order valence-corrected chi connectivity index (χ0v) is 18.0. The highest BCUT2D eigenvalue weighted by Gasteiger charge is 2.16. The molecule has 0 aromatic rings. The third-order valence-electron chi connectivity index (χ3n) is 4.54. The highest BCUT2D eigenvalue weighted by molar-refractivity contribution is 7.99. The van der Waals surface area contributed by atoms with Gasteiger partial charge in [-0.3, -0.25) is 9.59 Å². The second-order valence-electron chi connectivity index (χ2n) is 6.97. The Kier molecular flexibility index (Phi) is 13.4. The molecule has 2 unspecified atom stereocenters. The molecule has 9 heteroatoms. The van der Waals surface area contributed by atoms with Gasteiger partial charge in [0.25, 0.3) is 0 Å². The fourth-order valence-corrected chi connectivity index (χ4v) is 3.79. The molecule has 2 heterocycles. The summed E-state index contributed by atoms with van der Waals surface area (Å²) < 4.78 is 32.0. The van der Waals surface area contributed by atoms with Gasteiger partial charge in [-0.15, -0.1) is 0 Å². The second-order valence-corrected chi connectivity index (χ2v) is 8.20. The topological polar surface area (TPSA) is 89.5 Å². The summed E-state index contributed by atoms with van der Waals surface area (Å²) in [6.45, 7) is 4.04. The van der Waals surface area contributed by atoms with Gasteiger partial charge in [-0.05, 0) is 25.7 Å². The molecule has 0 aliphatic carbocycles. The third-order valence-corrected chi connectivity index (χ3v) is 5.52. The highest BCUT2D eigenvalue weighted by Crippen LogP contribution is 2.12. The Bertz CT molecular complexity index is 410. The maximum atomic E-state index is 11.6. The molecule has 0 saturated carbocycles. The van der Waals surface area contributed by atoms with E-state index in [4.69, 9.17) is 28.4 Å². The molecular formula is C20H34O8S. The van der Waals surface area contributed by atoms with E-state index in [0.29, 0.717) is 50.8 Å². The molecule has 0 amide bonds. The Morgan fingerprint density at radius 2 is 1.24 bits per heavy atom. The van der Waals surface area contributed by atoms with Crippen LogP contribution in [0.1, 0.15) is 38.5 Å². The molecule has 168 valence electrons. The second kappa shape index (κ2) is 15.9. The van der Waals surface area contributed by atoms with Gasteiger partial charge in [0.2, 0.25) is 0 Å². The number of carbonyl (C=O) groups excluding carboxylic acids is 2. The number of rotatable bonds is 16. The standard InChI is InChI=1S/C20H34O8S/c21-19(27-11-9-23-15-17-3-1-7-25-17)5-13-29-14-6-20(22)28-12-10-24-16-18-4-2-8-26-18/h17-18H,1-16H2. The molecule has 0 N–H and O–H groups in total. The molecule has 0 radical (unpaired) electrons. The van der Waals surface area contributed by atoms with Crippen molar-refractivity contribution in [2.24, 2.45) is 0 Å². The van der Waals surface area contributed by atoms with Crippen LogP contribution in [0.25, 0.3) is 0 Å². The van der Waals surface area contributed by atoms with E-state index in [9.17, 15) is 9.59 Å². The summed E-state index contributed by atoms with van der Waals surface area (Å²) in [5.74, 6) is 0.745. The molecule has 0 spiro atoms. The third kappa shape index (κ3) is 12.4. The number of thioether (sulfide) groups is 1. The van der Waals surface area contributed by atoms with Crippen molar-refractivity contribution in [2.75, 3.05) is 64.4 Å². The van der Waals surface area contributed by atoms with Crippen LogP contribution in [0.4, 0.5) is 0 Å². The van der Waals surface area contributed by atoms with E-state index < -0.39 is 0 Å². The molecule has 2 aliphatic heterocycles. The summed E-state index contributed by atoms with van der Waals surface area (Å²) in [6.07, 6.45) is 5.26. The van der Waals surface area contributed by atoms with E-state index >= 15 is 0 Å². The van der Waals surface area contributed by atoms with E-state index in [1.54, 1.807) is 0 Å². The summed E-state index contributed by atoms with van der Waals surface area (Å²) in [7, 11) is 0. The molecule has 2 atom stereocenters. The highest BCUT2D eigenvalue weighted by atomic mass is 32.2. The quantitative estimate of drug-likeness (QED) is 0.267. The van der Waals surface area contributed by atoms with Crippen molar-refractivity contribution in [2.45, 2.75) is 50.7 Å². The van der Waals surface area contributed by atoms with Crippen LogP contribution < -0.4 is 0 Å². The summed E-state index contributed by atoms with van der Waals surface area (Å²) in [5.41, 5.74) is 0. The van der Waals surface area contributed by atoms with Crippen molar-refractivity contribution >= 4 is 23.7 Å². The molecule has 0 aromatic heterocycles. The lowest BCUT2D eigenvalue weighted by molar-refractivity contribution is -0.145. The lowest BCUT2D eigenvalue weighted by Crippen LogP contribution is -2.18. The zero-order valence-electron chi connectivity index (χ0n) is 17.1. The van der Waals surface area contributed by atoms with Gasteiger partial charge < -0.3 is 28.4 Å². The monoisotopic (exact) mass is 434 g/mol. The van der Waals surface area contributed by atoms with Crippen LogP contribution in [-0.4, -0.2) is 88.5 Å². The largest absolute Gasteiger partial charge is 0.463 e. The van der Waals surface area contributed by atoms with Gasteiger partial charge in [0, 0.05) is 24.7 Å². The predicted molar refractivity (Wildman–Crippen MR) is 108 cm³/mol. The number of esters is 2. The van der Waals surface area contributed by atoms with Crippen LogP contribution in [0, 0.1) is 0 Å². The first kappa shape index (κ1) is 24.4.